The monoisotopic (exact) mass is 271 g/mol. The summed E-state index contributed by atoms with van der Waals surface area (Å²) >= 11 is 0. The highest BCUT2D eigenvalue weighted by Gasteiger charge is 2.44. The van der Waals surface area contributed by atoms with Gasteiger partial charge < -0.3 is 10.6 Å². The van der Waals surface area contributed by atoms with Crippen molar-refractivity contribution in [2.75, 3.05) is 11.4 Å². The predicted molar refractivity (Wildman–Crippen MR) is 70.4 cm³/mol. The molecule has 2 fully saturated rings. The zero-order valence-corrected chi connectivity index (χ0v) is 10.7. The third kappa shape index (κ3) is 1.46. The molecule has 2 bridgehead atoms. The molecule has 4 rings (SSSR count). The third-order valence-corrected chi connectivity index (χ3v) is 4.22. The number of carbonyl (C=O) groups is 2. The van der Waals surface area contributed by atoms with E-state index in [1.807, 2.05) is 6.07 Å². The Hall–Kier alpha value is -2.44. The summed E-state index contributed by atoms with van der Waals surface area (Å²) in [5, 5.41) is 4.05. The van der Waals surface area contributed by atoms with Crippen LogP contribution in [-0.2, 0) is 4.79 Å². The number of ketones is 1. The standard InChI is InChI=1S/C13H13N5O2/c14-12(20)9-5-15-18-2-1-11(16-13(9)18)17-6-7-3-8(17)4-10(7)19/h1-2,5,7-8H,3-4,6H2,(H2,14,20)/t7-,8-/m1/s1. The third-order valence-electron chi connectivity index (χ3n) is 4.22. The maximum Gasteiger partial charge on any atom is 0.254 e. The average molecular weight is 271 g/mol. The van der Waals surface area contributed by atoms with Gasteiger partial charge in [-0.2, -0.15) is 5.10 Å². The zero-order chi connectivity index (χ0) is 13.9. The molecular formula is C13H13N5O2. The molecule has 2 N–H and O–H groups in total. The van der Waals surface area contributed by atoms with Crippen LogP contribution in [-0.4, -0.2) is 38.9 Å². The van der Waals surface area contributed by atoms with Crippen LogP contribution in [0.2, 0.25) is 0 Å². The Balaban J connectivity index is 1.76. The average Bonchev–Trinajstić information content (AvgIpc) is 3.09. The summed E-state index contributed by atoms with van der Waals surface area (Å²) in [4.78, 5) is 29.6. The van der Waals surface area contributed by atoms with Crippen LogP contribution < -0.4 is 10.6 Å². The maximum atomic E-state index is 11.6. The number of nitrogens with two attached hydrogens (primary N) is 1. The Morgan fingerprint density at radius 3 is 2.95 bits per heavy atom. The van der Waals surface area contributed by atoms with Gasteiger partial charge in [0.1, 0.15) is 17.2 Å². The van der Waals surface area contributed by atoms with Crippen LogP contribution in [0, 0.1) is 5.92 Å². The molecule has 102 valence electrons. The minimum absolute atomic E-state index is 0.138. The molecular weight excluding hydrogens is 258 g/mol. The Kier molecular flexibility index (Phi) is 2.15. The van der Waals surface area contributed by atoms with Crippen LogP contribution in [0.4, 0.5) is 5.82 Å². The van der Waals surface area contributed by atoms with Gasteiger partial charge in [-0.05, 0) is 12.5 Å². The lowest BCUT2D eigenvalue weighted by Crippen LogP contribution is -2.36. The van der Waals surface area contributed by atoms with Gasteiger partial charge in [-0.15, -0.1) is 0 Å². The lowest BCUT2D eigenvalue weighted by atomic mass is 10.1. The van der Waals surface area contributed by atoms with Gasteiger partial charge >= 0.3 is 0 Å². The highest BCUT2D eigenvalue weighted by Crippen LogP contribution is 2.37. The first kappa shape index (κ1) is 11.4. The molecule has 0 radical (unpaired) electrons. The molecule has 0 aromatic carbocycles. The van der Waals surface area contributed by atoms with Gasteiger partial charge in [0, 0.05) is 31.1 Å². The second kappa shape index (κ2) is 3.78. The molecule has 3 heterocycles. The highest BCUT2D eigenvalue weighted by molar-refractivity contribution is 5.98. The zero-order valence-electron chi connectivity index (χ0n) is 10.7. The van der Waals surface area contributed by atoms with Gasteiger partial charge in [-0.25, -0.2) is 9.50 Å². The number of hydrogen-bond acceptors (Lipinski definition) is 5. The van der Waals surface area contributed by atoms with Crippen LogP contribution in [0.5, 0.6) is 0 Å². The van der Waals surface area contributed by atoms with Gasteiger partial charge in [0.25, 0.3) is 5.91 Å². The van der Waals surface area contributed by atoms with Crippen LogP contribution >= 0.6 is 0 Å². The van der Waals surface area contributed by atoms with E-state index in [0.29, 0.717) is 30.0 Å². The molecule has 2 aromatic heterocycles. The molecule has 7 nitrogen and oxygen atoms in total. The van der Waals surface area contributed by atoms with E-state index in [2.05, 4.69) is 15.0 Å². The van der Waals surface area contributed by atoms with Crippen LogP contribution in [0.3, 0.4) is 0 Å². The van der Waals surface area contributed by atoms with Crippen LogP contribution in [0.25, 0.3) is 5.65 Å². The second-order valence-electron chi connectivity index (χ2n) is 5.39. The largest absolute Gasteiger partial charge is 0.365 e. The highest BCUT2D eigenvalue weighted by atomic mass is 16.1. The maximum absolute atomic E-state index is 11.6. The molecule has 1 aliphatic carbocycles. The number of anilines is 1. The molecule has 1 aliphatic heterocycles. The van der Waals surface area contributed by atoms with Crippen LogP contribution in [0.1, 0.15) is 23.2 Å². The minimum atomic E-state index is -0.539. The summed E-state index contributed by atoms with van der Waals surface area (Å²) in [6, 6.07) is 2.10. The Morgan fingerprint density at radius 1 is 1.45 bits per heavy atom. The fraction of sp³-hybridized carbons (Fsp3) is 0.385. The number of rotatable bonds is 2. The van der Waals surface area contributed by atoms with E-state index in [4.69, 9.17) is 5.73 Å². The fourth-order valence-electron chi connectivity index (χ4n) is 3.22. The fourth-order valence-corrected chi connectivity index (χ4v) is 3.22. The Bertz CT molecular complexity index is 737. The summed E-state index contributed by atoms with van der Waals surface area (Å²) in [6.45, 7) is 0.715. The molecule has 7 heteroatoms. The first-order valence-electron chi connectivity index (χ1n) is 6.57. The van der Waals surface area contributed by atoms with E-state index in [1.54, 1.807) is 6.20 Å². The van der Waals surface area contributed by atoms with Crippen LogP contribution in [0.15, 0.2) is 18.5 Å². The predicted octanol–water partition coefficient (Wildman–Crippen LogP) is -0.00410. The van der Waals surface area contributed by atoms with Crippen molar-refractivity contribution in [3.63, 3.8) is 0 Å². The van der Waals surface area contributed by atoms with E-state index in [0.717, 1.165) is 12.2 Å². The smallest absolute Gasteiger partial charge is 0.254 e. The number of amides is 1. The van der Waals surface area contributed by atoms with E-state index >= 15 is 0 Å². The summed E-state index contributed by atoms with van der Waals surface area (Å²) in [6.07, 6.45) is 4.69. The molecule has 0 unspecified atom stereocenters. The minimum Gasteiger partial charge on any atom is -0.365 e. The molecule has 0 spiro atoms. The first-order chi connectivity index (χ1) is 9.63. The molecule has 1 saturated heterocycles. The number of nitrogens with zero attached hydrogens (tertiary/aromatic N) is 4. The van der Waals surface area contributed by atoms with E-state index < -0.39 is 5.91 Å². The second-order valence-corrected chi connectivity index (χ2v) is 5.39. The van der Waals surface area contributed by atoms with Gasteiger partial charge in [0.15, 0.2) is 5.65 Å². The number of Topliss-reactive ketones (excluding diaryl/α,β-unsaturated/α-hetero) is 1. The van der Waals surface area contributed by atoms with E-state index in [1.165, 1.54) is 10.7 Å². The van der Waals surface area contributed by atoms with Crippen molar-refractivity contribution in [2.45, 2.75) is 18.9 Å². The van der Waals surface area contributed by atoms with Crippen molar-refractivity contribution in [1.82, 2.24) is 14.6 Å². The Morgan fingerprint density at radius 2 is 2.30 bits per heavy atom. The quantitative estimate of drug-likeness (QED) is 0.829. The van der Waals surface area contributed by atoms with Crippen molar-refractivity contribution in [1.29, 1.82) is 0 Å². The van der Waals surface area contributed by atoms with E-state index in [-0.39, 0.29) is 12.0 Å². The SMILES string of the molecule is NC(=O)c1cnn2ccc(N3C[C@H]4C[C@@H]3CC4=O)nc12. The molecule has 1 amide bonds. The lowest BCUT2D eigenvalue weighted by Gasteiger charge is -2.27. The Labute approximate surface area is 114 Å². The number of carbonyl (C=O) groups excluding carboxylic acids is 2. The summed E-state index contributed by atoms with van der Waals surface area (Å²) in [5.41, 5.74) is 6.09. The van der Waals surface area contributed by atoms with Gasteiger partial charge in [0.05, 0.1) is 6.20 Å². The van der Waals surface area contributed by atoms with Crippen molar-refractivity contribution in [3.05, 3.63) is 24.0 Å². The molecule has 2 aromatic rings. The number of hydrogen-bond donors (Lipinski definition) is 1. The number of aromatic nitrogens is 3. The first-order valence-corrected chi connectivity index (χ1v) is 6.57. The normalized spacial score (nSPS) is 24.8. The number of primary amides is 1. The van der Waals surface area contributed by atoms with Crippen molar-refractivity contribution < 1.29 is 9.59 Å². The number of fused-ring (bicyclic) bond motifs is 3. The van der Waals surface area contributed by atoms with Gasteiger partial charge in [-0.1, -0.05) is 0 Å². The van der Waals surface area contributed by atoms with Crippen molar-refractivity contribution >= 4 is 23.2 Å². The molecule has 2 atom stereocenters. The van der Waals surface area contributed by atoms with Crippen molar-refractivity contribution in [2.24, 2.45) is 11.7 Å². The molecule has 1 saturated carbocycles. The lowest BCUT2D eigenvalue weighted by molar-refractivity contribution is -0.120. The molecule has 2 aliphatic rings. The van der Waals surface area contributed by atoms with Gasteiger partial charge in [0.2, 0.25) is 0 Å². The summed E-state index contributed by atoms with van der Waals surface area (Å²) < 4.78 is 1.53. The summed E-state index contributed by atoms with van der Waals surface area (Å²) in [7, 11) is 0. The van der Waals surface area contributed by atoms with E-state index in [9.17, 15) is 9.59 Å². The summed E-state index contributed by atoms with van der Waals surface area (Å²) in [5.74, 6) is 0.733. The van der Waals surface area contributed by atoms with Crippen molar-refractivity contribution in [3.8, 4) is 0 Å². The molecule has 20 heavy (non-hydrogen) atoms. The number of piperidine rings is 1. The van der Waals surface area contributed by atoms with Gasteiger partial charge in [-0.3, -0.25) is 9.59 Å². The topological polar surface area (TPSA) is 93.6 Å².